The summed E-state index contributed by atoms with van der Waals surface area (Å²) in [5, 5.41) is 0.454. The number of rotatable bonds is 6. The van der Waals surface area contributed by atoms with Gasteiger partial charge in [-0.3, -0.25) is 14.3 Å². The van der Waals surface area contributed by atoms with E-state index in [-0.39, 0.29) is 5.56 Å². The molecule has 0 spiro atoms. The van der Waals surface area contributed by atoms with Crippen molar-refractivity contribution in [3.05, 3.63) is 142 Å². The predicted octanol–water partition coefficient (Wildman–Crippen LogP) is 7.35. The van der Waals surface area contributed by atoms with Gasteiger partial charge in [-0.2, -0.15) is 0 Å². The second-order valence-electron chi connectivity index (χ2n) is 8.11. The number of pyridine rings is 2. The molecule has 174 valence electrons. The molecule has 0 radical (unpaired) electrons. The third-order valence-corrected chi connectivity index (χ3v) is 5.93. The van der Waals surface area contributed by atoms with Crippen LogP contribution in [0.5, 0.6) is 5.75 Å². The van der Waals surface area contributed by atoms with Crippen LogP contribution in [0.2, 0.25) is 5.02 Å². The number of para-hydroxylation sites is 1. The molecule has 0 fully saturated rings. The van der Waals surface area contributed by atoms with Gasteiger partial charge in [0.05, 0.1) is 18.5 Å². The number of hydrogen-bond acceptors (Lipinski definition) is 3. The standard InChI is InChI=1S/C30H20ClN3O2/c1-32-29-12-6-5-11-27(29)23-16-28(30(35)34(19-23)25-10-7-13-33-18-25)22-14-24(31)17-26(15-22)36-20-21-8-3-2-4-9-21/h2-19H,20H2. The van der Waals surface area contributed by atoms with Gasteiger partial charge >= 0.3 is 0 Å². The Labute approximate surface area is 213 Å². The largest absolute Gasteiger partial charge is 0.489 e. The number of aromatic nitrogens is 2. The Morgan fingerprint density at radius 2 is 1.69 bits per heavy atom. The molecule has 0 aliphatic heterocycles. The molecule has 0 saturated heterocycles. The van der Waals surface area contributed by atoms with Gasteiger partial charge in [0.25, 0.3) is 5.56 Å². The Kier molecular flexibility index (Phi) is 6.61. The molecular formula is C30H20ClN3O2. The molecule has 0 bridgehead atoms. The number of halogens is 1. The molecule has 0 aliphatic carbocycles. The van der Waals surface area contributed by atoms with Crippen molar-refractivity contribution in [1.82, 2.24) is 9.55 Å². The molecule has 2 heterocycles. The van der Waals surface area contributed by atoms with Crippen molar-refractivity contribution < 1.29 is 4.74 Å². The molecule has 0 aliphatic rings. The van der Waals surface area contributed by atoms with Crippen molar-refractivity contribution in [1.29, 1.82) is 0 Å². The summed E-state index contributed by atoms with van der Waals surface area (Å²) in [4.78, 5) is 21.5. The smallest absolute Gasteiger partial charge is 0.263 e. The van der Waals surface area contributed by atoms with E-state index in [4.69, 9.17) is 22.9 Å². The van der Waals surface area contributed by atoms with Gasteiger partial charge in [0, 0.05) is 23.0 Å². The Hall–Kier alpha value is -4.66. The average Bonchev–Trinajstić information content (AvgIpc) is 2.93. The fourth-order valence-electron chi connectivity index (χ4n) is 3.98. The molecule has 0 amide bonds. The zero-order valence-corrected chi connectivity index (χ0v) is 19.9. The molecule has 0 unspecified atom stereocenters. The topological polar surface area (TPSA) is 48.5 Å². The Morgan fingerprint density at radius 1 is 0.889 bits per heavy atom. The van der Waals surface area contributed by atoms with Gasteiger partial charge in [0.2, 0.25) is 0 Å². The van der Waals surface area contributed by atoms with Gasteiger partial charge in [0.1, 0.15) is 12.4 Å². The molecule has 0 atom stereocenters. The van der Waals surface area contributed by atoms with Crippen molar-refractivity contribution in [3.63, 3.8) is 0 Å². The molecular weight excluding hydrogens is 470 g/mol. The van der Waals surface area contributed by atoms with E-state index in [1.54, 1.807) is 53.5 Å². The van der Waals surface area contributed by atoms with Gasteiger partial charge in [-0.1, -0.05) is 66.2 Å². The van der Waals surface area contributed by atoms with Crippen LogP contribution in [-0.2, 0) is 6.61 Å². The maximum Gasteiger partial charge on any atom is 0.263 e. The van der Waals surface area contributed by atoms with Gasteiger partial charge < -0.3 is 4.74 Å². The first kappa shape index (κ1) is 23.1. The van der Waals surface area contributed by atoms with Crippen LogP contribution in [0.25, 0.3) is 32.8 Å². The van der Waals surface area contributed by atoms with Crippen LogP contribution in [0, 0.1) is 6.57 Å². The van der Waals surface area contributed by atoms with Gasteiger partial charge in [0.15, 0.2) is 5.69 Å². The third kappa shape index (κ3) is 4.90. The number of nitrogens with zero attached hydrogens (tertiary/aromatic N) is 3. The average molecular weight is 490 g/mol. The Balaban J connectivity index is 1.65. The Morgan fingerprint density at radius 3 is 2.47 bits per heavy atom. The molecule has 36 heavy (non-hydrogen) atoms. The molecule has 5 rings (SSSR count). The minimum Gasteiger partial charge on any atom is -0.489 e. The van der Waals surface area contributed by atoms with Crippen molar-refractivity contribution in [3.8, 4) is 33.7 Å². The predicted molar refractivity (Wildman–Crippen MR) is 143 cm³/mol. The first-order valence-corrected chi connectivity index (χ1v) is 11.6. The van der Waals surface area contributed by atoms with E-state index in [1.807, 2.05) is 60.7 Å². The summed E-state index contributed by atoms with van der Waals surface area (Å²) < 4.78 is 7.54. The van der Waals surface area contributed by atoms with Crippen LogP contribution in [0.15, 0.2) is 114 Å². The zero-order chi connectivity index (χ0) is 24.9. The van der Waals surface area contributed by atoms with E-state index in [9.17, 15) is 4.79 Å². The summed E-state index contributed by atoms with van der Waals surface area (Å²) in [5.41, 5.74) is 4.42. The summed E-state index contributed by atoms with van der Waals surface area (Å²) in [6, 6.07) is 27.8. The highest BCUT2D eigenvalue weighted by molar-refractivity contribution is 6.31. The van der Waals surface area contributed by atoms with Crippen LogP contribution >= 0.6 is 11.6 Å². The highest BCUT2D eigenvalue weighted by Gasteiger charge is 2.15. The van der Waals surface area contributed by atoms with Crippen LogP contribution in [0.3, 0.4) is 0 Å². The molecule has 2 aromatic heterocycles. The molecule has 5 aromatic rings. The van der Waals surface area contributed by atoms with E-state index in [1.165, 1.54) is 0 Å². The highest BCUT2D eigenvalue weighted by Crippen LogP contribution is 2.34. The SMILES string of the molecule is [C-]#[N+]c1ccccc1-c1cc(-c2cc(Cl)cc(OCc3ccccc3)c2)c(=O)n(-c2cccnc2)c1. The van der Waals surface area contributed by atoms with Crippen LogP contribution in [0.4, 0.5) is 5.69 Å². The molecule has 0 N–H and O–H groups in total. The summed E-state index contributed by atoms with van der Waals surface area (Å²) in [6.45, 7) is 7.97. The number of ether oxygens (including phenoxy) is 1. The van der Waals surface area contributed by atoms with Crippen molar-refractivity contribution >= 4 is 17.3 Å². The zero-order valence-electron chi connectivity index (χ0n) is 19.1. The van der Waals surface area contributed by atoms with E-state index in [0.29, 0.717) is 39.9 Å². The minimum absolute atomic E-state index is 0.233. The summed E-state index contributed by atoms with van der Waals surface area (Å²) in [5.74, 6) is 0.556. The summed E-state index contributed by atoms with van der Waals surface area (Å²) in [7, 11) is 0. The molecule has 3 aromatic carbocycles. The second-order valence-corrected chi connectivity index (χ2v) is 8.54. The van der Waals surface area contributed by atoms with Crippen LogP contribution in [0.1, 0.15) is 5.56 Å². The van der Waals surface area contributed by atoms with Crippen molar-refractivity contribution in [2.24, 2.45) is 0 Å². The first-order valence-electron chi connectivity index (χ1n) is 11.2. The minimum atomic E-state index is -0.233. The van der Waals surface area contributed by atoms with Gasteiger partial charge in [-0.25, -0.2) is 4.85 Å². The van der Waals surface area contributed by atoms with E-state index < -0.39 is 0 Å². The maximum absolute atomic E-state index is 13.7. The van der Waals surface area contributed by atoms with Crippen LogP contribution in [-0.4, -0.2) is 9.55 Å². The number of benzene rings is 3. The third-order valence-electron chi connectivity index (χ3n) is 5.71. The van der Waals surface area contributed by atoms with Crippen LogP contribution < -0.4 is 10.3 Å². The number of hydrogen-bond donors (Lipinski definition) is 0. The fraction of sp³-hybridized carbons (Fsp3) is 0.0333. The summed E-state index contributed by atoms with van der Waals surface area (Å²) in [6.07, 6.45) is 5.02. The highest BCUT2D eigenvalue weighted by atomic mass is 35.5. The normalized spacial score (nSPS) is 10.6. The lowest BCUT2D eigenvalue weighted by Gasteiger charge is -2.14. The Bertz CT molecular complexity index is 1620. The molecule has 6 heteroatoms. The lowest BCUT2D eigenvalue weighted by atomic mass is 10.00. The van der Waals surface area contributed by atoms with E-state index in [0.717, 1.165) is 16.7 Å². The van der Waals surface area contributed by atoms with Crippen molar-refractivity contribution in [2.45, 2.75) is 6.61 Å². The fourth-order valence-corrected chi connectivity index (χ4v) is 4.21. The summed E-state index contributed by atoms with van der Waals surface area (Å²) >= 11 is 6.46. The monoisotopic (exact) mass is 489 g/mol. The second kappa shape index (κ2) is 10.3. The maximum atomic E-state index is 13.7. The molecule has 5 nitrogen and oxygen atoms in total. The van der Waals surface area contributed by atoms with E-state index >= 15 is 0 Å². The van der Waals surface area contributed by atoms with Crippen molar-refractivity contribution in [2.75, 3.05) is 0 Å². The quantitative estimate of drug-likeness (QED) is 0.234. The first-order chi connectivity index (χ1) is 17.6. The lowest BCUT2D eigenvalue weighted by Crippen LogP contribution is -2.20. The lowest BCUT2D eigenvalue weighted by molar-refractivity contribution is 0.306. The molecule has 0 saturated carbocycles. The van der Waals surface area contributed by atoms with Gasteiger partial charge in [-0.05, 0) is 58.7 Å². The van der Waals surface area contributed by atoms with E-state index in [2.05, 4.69) is 9.83 Å². The van der Waals surface area contributed by atoms with Gasteiger partial charge in [-0.15, -0.1) is 0 Å².